The molecule has 0 amide bonds. The van der Waals surface area contributed by atoms with Gasteiger partial charge >= 0.3 is 0 Å². The zero-order chi connectivity index (χ0) is 9.97. The molecule has 1 aromatic rings. The van der Waals surface area contributed by atoms with Gasteiger partial charge in [0.15, 0.2) is 0 Å². The van der Waals surface area contributed by atoms with Crippen LogP contribution in [0.2, 0.25) is 0 Å². The van der Waals surface area contributed by atoms with Gasteiger partial charge in [0, 0.05) is 6.04 Å². The molecule has 1 aliphatic carbocycles. The van der Waals surface area contributed by atoms with Crippen molar-refractivity contribution in [2.75, 3.05) is 0 Å². The van der Waals surface area contributed by atoms with Crippen LogP contribution in [0.4, 0.5) is 0 Å². The summed E-state index contributed by atoms with van der Waals surface area (Å²) in [5, 5.41) is 9.16. The van der Waals surface area contributed by atoms with E-state index in [1.165, 1.54) is 12.8 Å². The van der Waals surface area contributed by atoms with E-state index in [4.69, 9.17) is 10.8 Å². The second-order valence-electron chi connectivity index (χ2n) is 4.14. The van der Waals surface area contributed by atoms with Crippen LogP contribution in [-0.4, -0.2) is 5.11 Å². The Morgan fingerprint density at radius 3 is 2.71 bits per heavy atom. The van der Waals surface area contributed by atoms with Crippen molar-refractivity contribution in [2.24, 2.45) is 11.7 Å². The van der Waals surface area contributed by atoms with Crippen molar-refractivity contribution >= 4 is 0 Å². The molecule has 0 aromatic heterocycles. The van der Waals surface area contributed by atoms with E-state index in [-0.39, 0.29) is 12.6 Å². The molecule has 2 nitrogen and oxygen atoms in total. The number of nitrogens with two attached hydrogens (primary N) is 1. The van der Waals surface area contributed by atoms with Crippen LogP contribution in [0.5, 0.6) is 0 Å². The highest BCUT2D eigenvalue weighted by Crippen LogP contribution is 2.37. The lowest BCUT2D eigenvalue weighted by molar-refractivity contribution is 0.279. The van der Waals surface area contributed by atoms with Crippen LogP contribution in [0.15, 0.2) is 24.3 Å². The Hall–Kier alpha value is -0.860. The minimum absolute atomic E-state index is 0.0918. The predicted octanol–water partition coefficient (Wildman–Crippen LogP) is 1.98. The van der Waals surface area contributed by atoms with E-state index in [0.29, 0.717) is 0 Å². The predicted molar refractivity (Wildman–Crippen MR) is 56.6 cm³/mol. The molecule has 1 saturated carbocycles. The number of benzene rings is 1. The van der Waals surface area contributed by atoms with Crippen molar-refractivity contribution in [1.29, 1.82) is 0 Å². The smallest absolute Gasteiger partial charge is 0.0685 e. The van der Waals surface area contributed by atoms with Gasteiger partial charge in [0.1, 0.15) is 0 Å². The molecule has 1 atom stereocenters. The average Bonchev–Trinajstić information content (AvgIpc) is 3.01. The Kier molecular flexibility index (Phi) is 2.85. The number of aliphatic hydroxyl groups is 1. The lowest BCUT2D eigenvalue weighted by Crippen LogP contribution is -2.13. The molecule has 0 saturated heterocycles. The van der Waals surface area contributed by atoms with Gasteiger partial charge in [-0.05, 0) is 23.5 Å². The SMILES string of the molecule is NC(CC1CC1)c1ccccc1CO. The fraction of sp³-hybridized carbons (Fsp3) is 0.500. The van der Waals surface area contributed by atoms with Crippen molar-refractivity contribution in [2.45, 2.75) is 31.9 Å². The van der Waals surface area contributed by atoms with Gasteiger partial charge in [0.25, 0.3) is 0 Å². The van der Waals surface area contributed by atoms with Gasteiger partial charge in [-0.15, -0.1) is 0 Å². The normalized spacial score (nSPS) is 18.1. The Bertz CT molecular complexity index is 307. The highest BCUT2D eigenvalue weighted by molar-refractivity contribution is 5.29. The van der Waals surface area contributed by atoms with Gasteiger partial charge < -0.3 is 10.8 Å². The third-order valence-corrected chi connectivity index (χ3v) is 2.91. The van der Waals surface area contributed by atoms with Crippen molar-refractivity contribution in [3.8, 4) is 0 Å². The van der Waals surface area contributed by atoms with E-state index in [9.17, 15) is 0 Å². The molecule has 1 aromatic carbocycles. The van der Waals surface area contributed by atoms with E-state index in [0.717, 1.165) is 23.5 Å². The van der Waals surface area contributed by atoms with Crippen molar-refractivity contribution in [1.82, 2.24) is 0 Å². The van der Waals surface area contributed by atoms with Crippen LogP contribution in [0, 0.1) is 5.92 Å². The largest absolute Gasteiger partial charge is 0.392 e. The molecule has 1 aliphatic rings. The summed E-state index contributed by atoms with van der Waals surface area (Å²) < 4.78 is 0. The van der Waals surface area contributed by atoms with E-state index >= 15 is 0 Å². The minimum atomic E-state index is 0.0918. The fourth-order valence-corrected chi connectivity index (χ4v) is 1.88. The standard InChI is InChI=1S/C12H17NO/c13-12(7-9-5-6-9)11-4-2-1-3-10(11)8-14/h1-4,9,12,14H,5-8,13H2. The molecule has 0 bridgehead atoms. The van der Waals surface area contributed by atoms with Crippen LogP contribution in [0.25, 0.3) is 0 Å². The van der Waals surface area contributed by atoms with E-state index in [1.54, 1.807) is 0 Å². The first kappa shape index (κ1) is 9.69. The van der Waals surface area contributed by atoms with Crippen LogP contribution in [0.1, 0.15) is 36.4 Å². The summed E-state index contributed by atoms with van der Waals surface area (Å²) in [6.07, 6.45) is 3.72. The first-order valence-corrected chi connectivity index (χ1v) is 5.25. The highest BCUT2D eigenvalue weighted by Gasteiger charge is 2.25. The highest BCUT2D eigenvalue weighted by atomic mass is 16.3. The summed E-state index contributed by atoms with van der Waals surface area (Å²) in [7, 11) is 0. The maximum absolute atomic E-state index is 9.16. The maximum Gasteiger partial charge on any atom is 0.0685 e. The van der Waals surface area contributed by atoms with Gasteiger partial charge in [-0.1, -0.05) is 37.1 Å². The molecule has 1 unspecified atom stereocenters. The zero-order valence-corrected chi connectivity index (χ0v) is 8.32. The lowest BCUT2D eigenvalue weighted by Gasteiger charge is -2.14. The third kappa shape index (κ3) is 2.14. The number of aliphatic hydroxyl groups excluding tert-OH is 1. The molecule has 2 heteroatoms. The second kappa shape index (κ2) is 4.11. The topological polar surface area (TPSA) is 46.2 Å². The van der Waals surface area contributed by atoms with E-state index in [1.807, 2.05) is 24.3 Å². The molecule has 0 spiro atoms. The molecule has 0 radical (unpaired) electrons. The number of hydrogen-bond donors (Lipinski definition) is 2. The molecule has 2 rings (SSSR count). The van der Waals surface area contributed by atoms with Gasteiger partial charge in [-0.3, -0.25) is 0 Å². The van der Waals surface area contributed by atoms with E-state index in [2.05, 4.69) is 0 Å². The van der Waals surface area contributed by atoms with Gasteiger partial charge in [-0.25, -0.2) is 0 Å². The number of hydrogen-bond acceptors (Lipinski definition) is 2. The van der Waals surface area contributed by atoms with E-state index < -0.39 is 0 Å². The zero-order valence-electron chi connectivity index (χ0n) is 8.32. The maximum atomic E-state index is 9.16. The molecule has 76 valence electrons. The quantitative estimate of drug-likeness (QED) is 0.764. The molecule has 14 heavy (non-hydrogen) atoms. The fourth-order valence-electron chi connectivity index (χ4n) is 1.88. The summed E-state index contributed by atoms with van der Waals surface area (Å²) in [4.78, 5) is 0. The van der Waals surface area contributed by atoms with Gasteiger partial charge in [0.05, 0.1) is 6.61 Å². The summed E-state index contributed by atoms with van der Waals surface area (Å²) >= 11 is 0. The first-order chi connectivity index (χ1) is 6.81. The Morgan fingerprint density at radius 2 is 2.07 bits per heavy atom. The molecule has 0 aliphatic heterocycles. The first-order valence-electron chi connectivity index (χ1n) is 5.25. The van der Waals surface area contributed by atoms with Crippen LogP contribution >= 0.6 is 0 Å². The van der Waals surface area contributed by atoms with Crippen molar-refractivity contribution < 1.29 is 5.11 Å². The summed E-state index contributed by atoms with van der Waals surface area (Å²) in [6.45, 7) is 0.0918. The molecular formula is C12H17NO. The van der Waals surface area contributed by atoms with Crippen LogP contribution in [0.3, 0.4) is 0 Å². The summed E-state index contributed by atoms with van der Waals surface area (Å²) in [5.74, 6) is 0.830. The number of rotatable bonds is 4. The van der Waals surface area contributed by atoms with Crippen LogP contribution in [-0.2, 0) is 6.61 Å². The minimum Gasteiger partial charge on any atom is -0.392 e. The monoisotopic (exact) mass is 191 g/mol. The Labute approximate surface area is 84.7 Å². The average molecular weight is 191 g/mol. The lowest BCUT2D eigenvalue weighted by atomic mass is 9.97. The Morgan fingerprint density at radius 1 is 1.36 bits per heavy atom. The van der Waals surface area contributed by atoms with Crippen molar-refractivity contribution in [3.63, 3.8) is 0 Å². The van der Waals surface area contributed by atoms with Crippen molar-refractivity contribution in [3.05, 3.63) is 35.4 Å². The summed E-state index contributed by atoms with van der Waals surface area (Å²) in [5.41, 5.74) is 8.19. The molecule has 0 heterocycles. The Balaban J connectivity index is 2.11. The van der Waals surface area contributed by atoms with Gasteiger partial charge in [0.2, 0.25) is 0 Å². The third-order valence-electron chi connectivity index (χ3n) is 2.91. The van der Waals surface area contributed by atoms with Crippen LogP contribution < -0.4 is 5.73 Å². The molecular weight excluding hydrogens is 174 g/mol. The molecule has 1 fully saturated rings. The molecule has 3 N–H and O–H groups in total. The summed E-state index contributed by atoms with van der Waals surface area (Å²) in [6, 6.07) is 8.01. The second-order valence-corrected chi connectivity index (χ2v) is 4.14. The van der Waals surface area contributed by atoms with Gasteiger partial charge in [-0.2, -0.15) is 0 Å².